The molecule has 0 radical (unpaired) electrons. The summed E-state index contributed by atoms with van der Waals surface area (Å²) >= 11 is 0. The summed E-state index contributed by atoms with van der Waals surface area (Å²) in [6, 6.07) is 5.65. The van der Waals surface area contributed by atoms with E-state index in [9.17, 15) is 17.8 Å². The lowest BCUT2D eigenvalue weighted by Gasteiger charge is -2.29. The zero-order chi connectivity index (χ0) is 21.3. The summed E-state index contributed by atoms with van der Waals surface area (Å²) in [5.74, 6) is 0.500. The van der Waals surface area contributed by atoms with Gasteiger partial charge in [0.1, 0.15) is 11.0 Å². The Balaban J connectivity index is 2.24. The fourth-order valence-corrected chi connectivity index (χ4v) is 4.78. The number of carbonyl (C=O) groups excluding carboxylic acids is 1. The second-order valence-corrected chi connectivity index (χ2v) is 9.44. The molecule has 8 heteroatoms. The summed E-state index contributed by atoms with van der Waals surface area (Å²) in [6.07, 6.45) is 2.37. The van der Waals surface area contributed by atoms with Crippen LogP contribution < -0.4 is 4.74 Å². The van der Waals surface area contributed by atoms with E-state index in [2.05, 4.69) is 0 Å². The Kier molecular flexibility index (Phi) is 6.24. The van der Waals surface area contributed by atoms with E-state index < -0.39 is 15.4 Å². The van der Waals surface area contributed by atoms with E-state index in [1.165, 1.54) is 6.92 Å². The summed E-state index contributed by atoms with van der Waals surface area (Å²) in [7, 11) is -2.57. The Morgan fingerprint density at radius 3 is 2.62 bits per heavy atom. The highest BCUT2D eigenvalue weighted by Crippen LogP contribution is 2.44. The van der Waals surface area contributed by atoms with Gasteiger partial charge in [-0.2, -0.15) is 8.42 Å². The van der Waals surface area contributed by atoms with Crippen molar-refractivity contribution in [3.05, 3.63) is 29.5 Å². The number of ether oxygens (including phenoxy) is 1. The van der Waals surface area contributed by atoms with E-state index in [1.807, 2.05) is 41.5 Å². The third-order valence-electron chi connectivity index (χ3n) is 6.00. The van der Waals surface area contributed by atoms with Gasteiger partial charge >= 0.3 is 0 Å². The van der Waals surface area contributed by atoms with E-state index in [0.717, 1.165) is 41.4 Å². The van der Waals surface area contributed by atoms with Crippen molar-refractivity contribution in [3.8, 4) is 5.75 Å². The Bertz CT molecular complexity index is 1010. The normalized spacial score (nSPS) is 17.8. The number of nitrogens with zero attached hydrogens (tertiary/aromatic N) is 2. The molecule has 1 aromatic heterocycles. The number of aromatic nitrogens is 1. The van der Waals surface area contributed by atoms with Crippen molar-refractivity contribution in [3.63, 3.8) is 0 Å². The molecule has 29 heavy (non-hydrogen) atoms. The molecule has 0 fully saturated rings. The predicted octanol–water partition coefficient (Wildman–Crippen LogP) is 3.21. The van der Waals surface area contributed by atoms with Crippen LogP contribution in [0.1, 0.15) is 50.8 Å². The van der Waals surface area contributed by atoms with Gasteiger partial charge in [0.2, 0.25) is 5.91 Å². The molecule has 1 N–H and O–H groups in total. The smallest absolute Gasteiger partial charge is 0.269 e. The monoisotopic (exact) mass is 422 g/mol. The number of fused-ring (bicyclic) bond motifs is 3. The molecule has 0 spiro atoms. The molecule has 2 aromatic rings. The van der Waals surface area contributed by atoms with Crippen LogP contribution in [0.4, 0.5) is 0 Å². The zero-order valence-corrected chi connectivity index (χ0v) is 18.3. The van der Waals surface area contributed by atoms with Gasteiger partial charge in [0.25, 0.3) is 10.1 Å². The maximum absolute atomic E-state index is 13.3. The van der Waals surface area contributed by atoms with Crippen LogP contribution >= 0.6 is 0 Å². The minimum absolute atomic E-state index is 0.101. The standard InChI is InChI=1S/C21H30N2O5S/c1-5-22(6-2)21(24)15-9-7-10-16-19(15)20-17(11-8-12-18(20)28-4)23(16)13-14(3)29(25,26)27/h8,11-12,14-15H,5-7,9-10,13H2,1-4H3,(H,25,26,27). The van der Waals surface area contributed by atoms with E-state index >= 15 is 0 Å². The second kappa shape index (κ2) is 8.36. The van der Waals surface area contributed by atoms with Crippen molar-refractivity contribution in [2.45, 2.75) is 57.7 Å². The summed E-state index contributed by atoms with van der Waals surface area (Å²) < 4.78 is 40.4. The molecule has 1 aliphatic carbocycles. The Labute approximate surface area is 172 Å². The first-order chi connectivity index (χ1) is 13.7. The van der Waals surface area contributed by atoms with Gasteiger partial charge in [-0.25, -0.2) is 0 Å². The first-order valence-corrected chi connectivity index (χ1v) is 11.7. The van der Waals surface area contributed by atoms with Crippen LogP contribution in [0.2, 0.25) is 0 Å². The van der Waals surface area contributed by atoms with Crippen molar-refractivity contribution in [2.24, 2.45) is 0 Å². The number of hydrogen-bond acceptors (Lipinski definition) is 4. The SMILES string of the molecule is CCN(CC)C(=O)C1CCCc2c1c1c(OC)cccc1n2CC(C)S(=O)(=O)O. The molecule has 2 unspecified atom stereocenters. The Morgan fingerprint density at radius 2 is 2.03 bits per heavy atom. The molecular formula is C21H30N2O5S. The number of hydrogen-bond donors (Lipinski definition) is 1. The minimum atomic E-state index is -4.17. The highest BCUT2D eigenvalue weighted by Gasteiger charge is 2.35. The molecule has 1 aliphatic rings. The van der Waals surface area contributed by atoms with Crippen molar-refractivity contribution in [1.29, 1.82) is 0 Å². The number of rotatable bonds is 7. The van der Waals surface area contributed by atoms with Gasteiger partial charge in [0, 0.05) is 30.7 Å². The fraction of sp³-hybridized carbons (Fsp3) is 0.571. The van der Waals surface area contributed by atoms with E-state index in [4.69, 9.17) is 4.74 Å². The van der Waals surface area contributed by atoms with Crippen LogP contribution in [0, 0.1) is 0 Å². The lowest BCUT2D eigenvalue weighted by Crippen LogP contribution is -2.36. The predicted molar refractivity (Wildman–Crippen MR) is 113 cm³/mol. The first kappa shape index (κ1) is 21.6. The van der Waals surface area contributed by atoms with Crippen molar-refractivity contribution in [1.82, 2.24) is 9.47 Å². The first-order valence-electron chi connectivity index (χ1n) is 10.2. The number of amides is 1. The number of benzene rings is 1. The highest BCUT2D eigenvalue weighted by atomic mass is 32.2. The average Bonchev–Trinajstić information content (AvgIpc) is 3.02. The van der Waals surface area contributed by atoms with Crippen LogP contribution in [-0.2, 0) is 27.9 Å². The van der Waals surface area contributed by atoms with E-state index in [-0.39, 0.29) is 18.4 Å². The fourth-order valence-electron chi connectivity index (χ4n) is 4.45. The largest absolute Gasteiger partial charge is 0.496 e. The number of carbonyl (C=O) groups is 1. The van der Waals surface area contributed by atoms with Crippen molar-refractivity contribution in [2.75, 3.05) is 20.2 Å². The molecule has 1 aromatic carbocycles. The van der Waals surface area contributed by atoms with Gasteiger partial charge in [-0.05, 0) is 57.7 Å². The molecule has 160 valence electrons. The third-order valence-corrected chi connectivity index (χ3v) is 7.16. The van der Waals surface area contributed by atoms with Crippen LogP contribution in [-0.4, -0.2) is 53.8 Å². The van der Waals surface area contributed by atoms with E-state index in [1.54, 1.807) is 7.11 Å². The van der Waals surface area contributed by atoms with Gasteiger partial charge in [0.15, 0.2) is 0 Å². The molecule has 7 nitrogen and oxygen atoms in total. The van der Waals surface area contributed by atoms with E-state index in [0.29, 0.717) is 18.8 Å². The van der Waals surface area contributed by atoms with Crippen LogP contribution in [0.15, 0.2) is 18.2 Å². The van der Waals surface area contributed by atoms with Crippen molar-refractivity contribution < 1.29 is 22.5 Å². The van der Waals surface area contributed by atoms with Gasteiger partial charge < -0.3 is 14.2 Å². The van der Waals surface area contributed by atoms with Gasteiger partial charge in [-0.1, -0.05) is 6.07 Å². The molecule has 0 saturated heterocycles. The Hall–Kier alpha value is -2.06. The van der Waals surface area contributed by atoms with Gasteiger partial charge in [-0.3, -0.25) is 9.35 Å². The summed E-state index contributed by atoms with van der Waals surface area (Å²) in [5.41, 5.74) is 2.75. The topological polar surface area (TPSA) is 88.8 Å². The molecular weight excluding hydrogens is 392 g/mol. The molecule has 0 saturated carbocycles. The molecule has 1 amide bonds. The zero-order valence-electron chi connectivity index (χ0n) is 17.5. The summed E-state index contributed by atoms with van der Waals surface area (Å²) in [5, 5.41) is -0.0787. The average molecular weight is 423 g/mol. The highest BCUT2D eigenvalue weighted by molar-refractivity contribution is 7.86. The Morgan fingerprint density at radius 1 is 1.34 bits per heavy atom. The van der Waals surface area contributed by atoms with Gasteiger partial charge in [0.05, 0.1) is 18.5 Å². The maximum Gasteiger partial charge on any atom is 0.269 e. The third kappa shape index (κ3) is 3.88. The molecule has 1 heterocycles. The number of likely N-dealkylation sites (N-methyl/N-ethyl adjacent to an activating group) is 1. The maximum atomic E-state index is 13.3. The van der Waals surface area contributed by atoms with Crippen LogP contribution in [0.3, 0.4) is 0 Å². The lowest BCUT2D eigenvalue weighted by molar-refractivity contribution is -0.132. The lowest BCUT2D eigenvalue weighted by atomic mass is 9.84. The summed E-state index contributed by atoms with van der Waals surface area (Å²) in [6.45, 7) is 6.87. The molecule has 0 bridgehead atoms. The van der Waals surface area contributed by atoms with Crippen molar-refractivity contribution >= 4 is 26.9 Å². The molecule has 2 atom stereocenters. The minimum Gasteiger partial charge on any atom is -0.496 e. The van der Waals surface area contributed by atoms with Crippen LogP contribution in [0.5, 0.6) is 5.75 Å². The second-order valence-electron chi connectivity index (χ2n) is 7.61. The van der Waals surface area contributed by atoms with Crippen LogP contribution in [0.25, 0.3) is 10.9 Å². The quantitative estimate of drug-likeness (QED) is 0.692. The molecule has 0 aliphatic heterocycles. The molecule has 3 rings (SSSR count). The number of methoxy groups -OCH3 is 1. The van der Waals surface area contributed by atoms with Gasteiger partial charge in [-0.15, -0.1) is 0 Å². The summed E-state index contributed by atoms with van der Waals surface area (Å²) in [4.78, 5) is 15.1.